The number of aliphatic hydroxyl groups is 9. The summed E-state index contributed by atoms with van der Waals surface area (Å²) in [6, 6.07) is 0. The van der Waals surface area contributed by atoms with Crippen LogP contribution in [0.4, 0.5) is 0 Å². The van der Waals surface area contributed by atoms with Gasteiger partial charge in [-0.25, -0.2) is 0 Å². The van der Waals surface area contributed by atoms with Crippen LogP contribution in [-0.4, -0.2) is 150 Å². The number of ether oxygens (including phenoxy) is 5. The quantitative estimate of drug-likeness (QED) is 0.166. The molecule has 3 heterocycles. The predicted octanol–water partition coefficient (Wildman–Crippen LogP) is 1.36. The van der Waals surface area contributed by atoms with Crippen molar-refractivity contribution in [2.24, 2.45) is 45.3 Å². The number of hydrogen-bond donors (Lipinski definition) is 9. The molecule has 14 nitrogen and oxygen atoms in total. The molecule has 22 atom stereocenters. The van der Waals surface area contributed by atoms with Gasteiger partial charge in [0.2, 0.25) is 0 Å². The maximum Gasteiger partial charge on any atom is 0.187 e. The van der Waals surface area contributed by atoms with Gasteiger partial charge in [0.05, 0.1) is 48.3 Å². The Labute approximate surface area is 331 Å². The Hall–Kier alpha value is -0.560. The number of rotatable bonds is 7. The van der Waals surface area contributed by atoms with Crippen molar-refractivity contribution in [2.45, 2.75) is 211 Å². The third-order valence-electron chi connectivity index (χ3n) is 17.3. The van der Waals surface area contributed by atoms with Gasteiger partial charge >= 0.3 is 0 Å². The van der Waals surface area contributed by atoms with E-state index in [0.717, 1.165) is 25.7 Å². The van der Waals surface area contributed by atoms with Gasteiger partial charge in [-0.1, -0.05) is 34.6 Å². The summed E-state index contributed by atoms with van der Waals surface area (Å²) in [4.78, 5) is 0. The van der Waals surface area contributed by atoms with Crippen molar-refractivity contribution in [3.8, 4) is 0 Å². The smallest absolute Gasteiger partial charge is 0.187 e. The van der Waals surface area contributed by atoms with Crippen LogP contribution in [0.15, 0.2) is 0 Å². The molecule has 3 aliphatic heterocycles. The molecule has 0 unspecified atom stereocenters. The average Bonchev–Trinajstić information content (AvgIpc) is 3.71. The molecule has 0 aromatic heterocycles. The largest absolute Gasteiger partial charge is 0.394 e. The zero-order valence-corrected chi connectivity index (χ0v) is 34.8. The van der Waals surface area contributed by atoms with E-state index in [-0.39, 0.29) is 35.2 Å². The third kappa shape index (κ3) is 6.49. The van der Waals surface area contributed by atoms with Crippen molar-refractivity contribution in [3.63, 3.8) is 0 Å². The van der Waals surface area contributed by atoms with Crippen LogP contribution in [0.25, 0.3) is 0 Å². The molecule has 324 valence electrons. The van der Waals surface area contributed by atoms with E-state index < -0.39 is 114 Å². The Morgan fingerprint density at radius 3 is 2.04 bits per heavy atom. The van der Waals surface area contributed by atoms with Crippen LogP contribution in [-0.2, 0) is 23.7 Å². The fourth-order valence-electron chi connectivity index (χ4n) is 14.1. The first-order chi connectivity index (χ1) is 25.9. The Bertz CT molecular complexity index is 1430. The molecule has 0 amide bonds. The van der Waals surface area contributed by atoms with Crippen molar-refractivity contribution in [1.82, 2.24) is 0 Å². The molecule has 0 spiro atoms. The first kappa shape index (κ1) is 43.5. The summed E-state index contributed by atoms with van der Waals surface area (Å²) in [5.41, 5.74) is -3.36. The topological polar surface area (TPSA) is 228 Å². The minimum Gasteiger partial charge on any atom is -0.394 e. The Morgan fingerprint density at radius 1 is 0.732 bits per heavy atom. The molecule has 7 fully saturated rings. The SMILES string of the molecule is C[C@H]1O[C@@H](O[C@@H]2[C@@H](O[C@@H]3C[C@]4(C)[C@@H](C[C@@H](O)[C@@H]5[C@@H]([C@]6(C)CC[C@H](C(C)(C)O)O6)CC[C@@]54C)[C@@]4(C)CC[C@H](O)C(C)(C)[C@@H]34)O[C@@H](CO)[C@H](O)[C@H]2O)[C@H](O)[C@@H](O)[C@H]1O. The maximum atomic E-state index is 12.4. The van der Waals surface area contributed by atoms with Crippen LogP contribution >= 0.6 is 0 Å². The summed E-state index contributed by atoms with van der Waals surface area (Å²) in [7, 11) is 0. The Morgan fingerprint density at radius 2 is 1.41 bits per heavy atom. The standard InChI is InChI=1S/C42H72O14/c1-19-28(46)30(48)32(50)35(52-19)55-33-31(49)29(47)23(18-43)54-36(33)53-22-17-41(8)24(39(6)13-11-25(45)37(2,3)34(22)39)16-21(44)27-20(10-14-40(27,41)7)42(9)15-12-26(56-42)38(4,5)51/h19-36,43-51H,10-18H2,1-9H3/t19-,20+,21-,22-,23+,24+,25+,26-,27+,28+,29+,30+,31-,32-,33+,34-,35+,36+,39-,40+,41-,42+/m1/s1. The van der Waals surface area contributed by atoms with Crippen LogP contribution in [0.2, 0.25) is 0 Å². The zero-order valence-electron chi connectivity index (χ0n) is 34.8. The fourth-order valence-corrected chi connectivity index (χ4v) is 14.1. The van der Waals surface area contributed by atoms with E-state index in [1.54, 1.807) is 13.8 Å². The van der Waals surface area contributed by atoms with E-state index in [0.29, 0.717) is 25.7 Å². The van der Waals surface area contributed by atoms with Gasteiger partial charge in [-0.05, 0) is 124 Å². The molecule has 3 saturated heterocycles. The van der Waals surface area contributed by atoms with Gasteiger partial charge in [-0.2, -0.15) is 0 Å². The highest BCUT2D eigenvalue weighted by molar-refractivity contribution is 5.22. The monoisotopic (exact) mass is 800 g/mol. The van der Waals surface area contributed by atoms with E-state index in [9.17, 15) is 46.0 Å². The van der Waals surface area contributed by atoms with Crippen LogP contribution in [0.3, 0.4) is 0 Å². The number of aliphatic hydroxyl groups excluding tert-OH is 8. The summed E-state index contributed by atoms with van der Waals surface area (Å²) in [5, 5.41) is 99.5. The highest BCUT2D eigenvalue weighted by atomic mass is 16.8. The van der Waals surface area contributed by atoms with Crippen LogP contribution in [0, 0.1) is 45.3 Å². The lowest BCUT2D eigenvalue weighted by Gasteiger charge is -2.72. The molecule has 14 heteroatoms. The highest BCUT2D eigenvalue weighted by Gasteiger charge is 2.74. The van der Waals surface area contributed by atoms with E-state index >= 15 is 0 Å². The molecule has 7 rings (SSSR count). The Balaban J connectivity index is 1.26. The lowest BCUT2D eigenvalue weighted by molar-refractivity contribution is -0.382. The van der Waals surface area contributed by atoms with Gasteiger partial charge in [-0.3, -0.25) is 0 Å². The van der Waals surface area contributed by atoms with E-state index in [1.165, 1.54) is 6.92 Å². The molecule has 4 saturated carbocycles. The molecular formula is C42H72O14. The lowest BCUT2D eigenvalue weighted by Crippen LogP contribution is -2.71. The van der Waals surface area contributed by atoms with Gasteiger partial charge in [0.1, 0.15) is 42.7 Å². The molecule has 9 N–H and O–H groups in total. The predicted molar refractivity (Wildman–Crippen MR) is 200 cm³/mol. The summed E-state index contributed by atoms with van der Waals surface area (Å²) in [6.45, 7) is 17.6. The van der Waals surface area contributed by atoms with Gasteiger partial charge < -0.3 is 69.6 Å². The average molecular weight is 801 g/mol. The van der Waals surface area contributed by atoms with Crippen LogP contribution < -0.4 is 0 Å². The first-order valence-corrected chi connectivity index (χ1v) is 21.2. The van der Waals surface area contributed by atoms with E-state index in [4.69, 9.17) is 23.7 Å². The van der Waals surface area contributed by atoms with Gasteiger partial charge in [0, 0.05) is 0 Å². The summed E-state index contributed by atoms with van der Waals surface area (Å²) in [6.07, 6.45) is -11.0. The molecule has 7 aliphatic rings. The lowest BCUT2D eigenvalue weighted by atomic mass is 9.34. The fraction of sp³-hybridized carbons (Fsp3) is 1.00. The normalized spacial score (nSPS) is 57.3. The van der Waals surface area contributed by atoms with E-state index in [1.807, 2.05) is 0 Å². The molecule has 56 heavy (non-hydrogen) atoms. The maximum absolute atomic E-state index is 12.4. The van der Waals surface area contributed by atoms with Gasteiger partial charge in [0.25, 0.3) is 0 Å². The van der Waals surface area contributed by atoms with Crippen molar-refractivity contribution in [2.75, 3.05) is 6.61 Å². The van der Waals surface area contributed by atoms with Crippen molar-refractivity contribution in [1.29, 1.82) is 0 Å². The number of hydrogen-bond acceptors (Lipinski definition) is 14. The molecular weight excluding hydrogens is 728 g/mol. The van der Waals surface area contributed by atoms with Crippen LogP contribution in [0.5, 0.6) is 0 Å². The third-order valence-corrected chi connectivity index (χ3v) is 17.3. The summed E-state index contributed by atoms with van der Waals surface area (Å²) in [5.74, 6) is -0.246. The van der Waals surface area contributed by atoms with E-state index in [2.05, 4.69) is 41.5 Å². The second-order valence-electron chi connectivity index (χ2n) is 21.2. The van der Waals surface area contributed by atoms with Crippen molar-refractivity contribution >= 4 is 0 Å². The molecule has 0 bridgehead atoms. The molecule has 0 radical (unpaired) electrons. The van der Waals surface area contributed by atoms with Gasteiger partial charge in [-0.15, -0.1) is 0 Å². The minimum absolute atomic E-state index is 0.0557. The van der Waals surface area contributed by atoms with Crippen LogP contribution in [0.1, 0.15) is 114 Å². The van der Waals surface area contributed by atoms with Gasteiger partial charge in [0.15, 0.2) is 12.6 Å². The number of fused-ring (bicyclic) bond motifs is 5. The molecule has 0 aromatic carbocycles. The zero-order chi connectivity index (χ0) is 41.3. The van der Waals surface area contributed by atoms with Crippen molar-refractivity contribution in [3.05, 3.63) is 0 Å². The van der Waals surface area contributed by atoms with Crippen molar-refractivity contribution < 1.29 is 69.6 Å². The minimum atomic E-state index is -1.70. The molecule has 4 aliphatic carbocycles. The first-order valence-electron chi connectivity index (χ1n) is 21.2. The second kappa shape index (κ2) is 14.5. The second-order valence-corrected chi connectivity index (χ2v) is 21.2. The summed E-state index contributed by atoms with van der Waals surface area (Å²) < 4.78 is 32.0. The Kier molecular flexibility index (Phi) is 11.3. The summed E-state index contributed by atoms with van der Waals surface area (Å²) >= 11 is 0. The molecule has 0 aromatic rings. The highest BCUT2D eigenvalue weighted by Crippen LogP contribution is 2.76.